The van der Waals surface area contributed by atoms with Gasteiger partial charge in [0.25, 0.3) is 0 Å². The summed E-state index contributed by atoms with van der Waals surface area (Å²) in [6.07, 6.45) is 0.987. The summed E-state index contributed by atoms with van der Waals surface area (Å²) in [5.41, 5.74) is 0. The van der Waals surface area contributed by atoms with E-state index in [1.807, 2.05) is 37.3 Å². The van der Waals surface area contributed by atoms with E-state index in [2.05, 4.69) is 22.5 Å². The van der Waals surface area contributed by atoms with Gasteiger partial charge in [-0.1, -0.05) is 25.1 Å². The second-order valence-corrected chi connectivity index (χ2v) is 4.60. The molecule has 0 aromatic heterocycles. The molecule has 0 bridgehead atoms. The van der Waals surface area contributed by atoms with Crippen molar-refractivity contribution < 1.29 is 9.47 Å². The maximum Gasteiger partial charge on any atom is 0.191 e. The first-order chi connectivity index (χ1) is 10.3. The van der Waals surface area contributed by atoms with E-state index < -0.39 is 0 Å². The van der Waals surface area contributed by atoms with Crippen LogP contribution < -0.4 is 15.4 Å². The number of rotatable bonds is 9. The van der Waals surface area contributed by atoms with Gasteiger partial charge in [0, 0.05) is 20.2 Å². The molecule has 118 valence electrons. The first-order valence-corrected chi connectivity index (χ1v) is 7.53. The number of para-hydroxylation sites is 1. The molecule has 0 aliphatic heterocycles. The van der Waals surface area contributed by atoms with Gasteiger partial charge in [0.05, 0.1) is 13.2 Å². The van der Waals surface area contributed by atoms with Crippen molar-refractivity contribution in [2.24, 2.45) is 4.99 Å². The van der Waals surface area contributed by atoms with Gasteiger partial charge in [-0.25, -0.2) is 4.99 Å². The van der Waals surface area contributed by atoms with Crippen molar-refractivity contribution in [1.82, 2.24) is 10.6 Å². The second kappa shape index (κ2) is 11.0. The van der Waals surface area contributed by atoms with Gasteiger partial charge < -0.3 is 20.1 Å². The number of methoxy groups -OCH3 is 1. The monoisotopic (exact) mass is 293 g/mol. The first kappa shape index (κ1) is 17.3. The lowest BCUT2D eigenvalue weighted by molar-refractivity contribution is 0.202. The molecule has 1 atom stereocenters. The van der Waals surface area contributed by atoms with Crippen molar-refractivity contribution in [3.63, 3.8) is 0 Å². The molecule has 0 fully saturated rings. The zero-order valence-electron chi connectivity index (χ0n) is 13.3. The van der Waals surface area contributed by atoms with Gasteiger partial charge in [-0.2, -0.15) is 0 Å². The van der Waals surface area contributed by atoms with Gasteiger partial charge in [-0.15, -0.1) is 0 Å². The number of nitrogens with one attached hydrogen (secondary N) is 2. The number of nitrogens with zero attached hydrogens (tertiary/aromatic N) is 1. The van der Waals surface area contributed by atoms with Crippen LogP contribution in [0.4, 0.5) is 0 Å². The first-order valence-electron chi connectivity index (χ1n) is 7.53. The largest absolute Gasteiger partial charge is 0.489 e. The van der Waals surface area contributed by atoms with Crippen LogP contribution in [0.15, 0.2) is 35.3 Å². The number of hydrogen-bond acceptors (Lipinski definition) is 3. The van der Waals surface area contributed by atoms with Gasteiger partial charge in [0.15, 0.2) is 5.96 Å². The van der Waals surface area contributed by atoms with Crippen LogP contribution in [0.1, 0.15) is 20.3 Å². The normalized spacial score (nSPS) is 12.8. The molecule has 1 aromatic rings. The standard InChI is InChI=1S/C16H27N3O2/c1-4-14(21-15-9-7-6-8-10-15)13-19-16(17-5-2)18-11-12-20-3/h6-10,14H,4-5,11-13H2,1-3H3,(H2,17,18,19). The molecule has 0 aliphatic carbocycles. The smallest absolute Gasteiger partial charge is 0.191 e. The fourth-order valence-electron chi connectivity index (χ4n) is 1.75. The number of aliphatic imine (C=N–C) groups is 1. The Hall–Kier alpha value is -1.75. The molecule has 1 rings (SSSR count). The fraction of sp³-hybridized carbons (Fsp3) is 0.562. The van der Waals surface area contributed by atoms with Crippen LogP contribution in [0.25, 0.3) is 0 Å². The van der Waals surface area contributed by atoms with Gasteiger partial charge in [-0.3, -0.25) is 0 Å². The third kappa shape index (κ3) is 7.56. The Morgan fingerprint density at radius 3 is 2.57 bits per heavy atom. The summed E-state index contributed by atoms with van der Waals surface area (Å²) in [5, 5.41) is 6.44. The van der Waals surface area contributed by atoms with Gasteiger partial charge >= 0.3 is 0 Å². The van der Waals surface area contributed by atoms with E-state index in [9.17, 15) is 0 Å². The van der Waals surface area contributed by atoms with E-state index >= 15 is 0 Å². The second-order valence-electron chi connectivity index (χ2n) is 4.60. The minimum absolute atomic E-state index is 0.0743. The summed E-state index contributed by atoms with van der Waals surface area (Å²) in [4.78, 5) is 4.57. The van der Waals surface area contributed by atoms with Crippen LogP contribution in [0.2, 0.25) is 0 Å². The summed E-state index contributed by atoms with van der Waals surface area (Å²) in [6, 6.07) is 9.86. The lowest BCUT2D eigenvalue weighted by atomic mass is 10.2. The van der Waals surface area contributed by atoms with E-state index in [4.69, 9.17) is 9.47 Å². The van der Waals surface area contributed by atoms with Crippen molar-refractivity contribution in [2.45, 2.75) is 26.4 Å². The Morgan fingerprint density at radius 2 is 1.95 bits per heavy atom. The van der Waals surface area contributed by atoms with Crippen LogP contribution >= 0.6 is 0 Å². The topological polar surface area (TPSA) is 54.9 Å². The van der Waals surface area contributed by atoms with E-state index in [-0.39, 0.29) is 6.10 Å². The molecule has 5 nitrogen and oxygen atoms in total. The Balaban J connectivity index is 2.50. The number of ether oxygens (including phenoxy) is 2. The summed E-state index contributed by atoms with van der Waals surface area (Å²) in [5.74, 6) is 1.68. The van der Waals surface area contributed by atoms with Crippen molar-refractivity contribution in [3.8, 4) is 5.75 Å². The highest BCUT2D eigenvalue weighted by atomic mass is 16.5. The van der Waals surface area contributed by atoms with Gasteiger partial charge in [0.1, 0.15) is 11.9 Å². The molecule has 0 radical (unpaired) electrons. The number of guanidine groups is 1. The minimum atomic E-state index is 0.0743. The highest BCUT2D eigenvalue weighted by Crippen LogP contribution is 2.12. The molecule has 0 saturated heterocycles. The van der Waals surface area contributed by atoms with E-state index in [1.54, 1.807) is 7.11 Å². The third-order valence-corrected chi connectivity index (χ3v) is 2.90. The fourth-order valence-corrected chi connectivity index (χ4v) is 1.75. The van der Waals surface area contributed by atoms with E-state index in [0.29, 0.717) is 13.2 Å². The predicted octanol–water partition coefficient (Wildman–Crippen LogP) is 2.05. The summed E-state index contributed by atoms with van der Waals surface area (Å²) in [6.45, 7) is 6.99. The average Bonchev–Trinajstić information content (AvgIpc) is 2.52. The zero-order valence-corrected chi connectivity index (χ0v) is 13.3. The van der Waals surface area contributed by atoms with Crippen molar-refractivity contribution in [2.75, 3.05) is 33.4 Å². The number of hydrogen-bond donors (Lipinski definition) is 2. The lowest BCUT2D eigenvalue weighted by Gasteiger charge is -2.17. The quantitative estimate of drug-likeness (QED) is 0.416. The molecule has 5 heteroatoms. The highest BCUT2D eigenvalue weighted by Gasteiger charge is 2.08. The van der Waals surface area contributed by atoms with Crippen LogP contribution in [0.5, 0.6) is 5.75 Å². The van der Waals surface area contributed by atoms with Crippen LogP contribution in [-0.2, 0) is 4.74 Å². The van der Waals surface area contributed by atoms with Crippen LogP contribution in [0, 0.1) is 0 Å². The third-order valence-electron chi connectivity index (χ3n) is 2.90. The summed E-state index contributed by atoms with van der Waals surface area (Å²) < 4.78 is 11.0. The maximum atomic E-state index is 5.93. The Kier molecular flexibility index (Phi) is 9.04. The number of benzene rings is 1. The molecule has 1 aromatic carbocycles. The molecule has 0 amide bonds. The Labute approximate surface area is 127 Å². The molecule has 1 unspecified atom stereocenters. The van der Waals surface area contributed by atoms with Gasteiger partial charge in [0.2, 0.25) is 0 Å². The molecule has 2 N–H and O–H groups in total. The van der Waals surface area contributed by atoms with Crippen molar-refractivity contribution >= 4 is 5.96 Å². The molecule has 0 spiro atoms. The van der Waals surface area contributed by atoms with Crippen molar-refractivity contribution in [1.29, 1.82) is 0 Å². The highest BCUT2D eigenvalue weighted by molar-refractivity contribution is 5.79. The van der Waals surface area contributed by atoms with Crippen molar-refractivity contribution in [3.05, 3.63) is 30.3 Å². The predicted molar refractivity (Wildman–Crippen MR) is 87.0 cm³/mol. The van der Waals surface area contributed by atoms with Gasteiger partial charge in [-0.05, 0) is 25.5 Å². The summed E-state index contributed by atoms with van der Waals surface area (Å²) in [7, 11) is 1.69. The molecular weight excluding hydrogens is 266 g/mol. The molecule has 0 heterocycles. The maximum absolute atomic E-state index is 5.93. The minimum Gasteiger partial charge on any atom is -0.489 e. The van der Waals surface area contributed by atoms with Crippen LogP contribution in [0.3, 0.4) is 0 Å². The Morgan fingerprint density at radius 1 is 1.19 bits per heavy atom. The van der Waals surface area contributed by atoms with E-state index in [1.165, 1.54) is 0 Å². The van der Waals surface area contributed by atoms with Crippen LogP contribution in [-0.4, -0.2) is 45.4 Å². The molecule has 21 heavy (non-hydrogen) atoms. The lowest BCUT2D eigenvalue weighted by Crippen LogP contribution is -2.39. The zero-order chi connectivity index (χ0) is 15.3. The SMILES string of the molecule is CCNC(=NCC(CC)Oc1ccccc1)NCCOC. The molecular formula is C16H27N3O2. The average molecular weight is 293 g/mol. The Bertz CT molecular complexity index is 396. The molecule has 0 saturated carbocycles. The molecule has 0 aliphatic rings. The van der Waals surface area contributed by atoms with E-state index in [0.717, 1.165) is 31.2 Å². The summed E-state index contributed by atoms with van der Waals surface area (Å²) >= 11 is 0.